The molecule has 0 saturated carbocycles. The van der Waals surface area contributed by atoms with Crippen molar-refractivity contribution in [2.75, 3.05) is 0 Å². The molecule has 0 aliphatic rings. The monoisotopic (exact) mass is 111 g/mol. The minimum atomic E-state index is 0.338. The zero-order valence-electron chi connectivity index (χ0n) is 4.88. The Morgan fingerprint density at radius 1 is 1.62 bits per heavy atom. The molecule has 3 nitrogen and oxygen atoms in total. The van der Waals surface area contributed by atoms with E-state index in [-0.39, 0.29) is 0 Å². The number of aromatic nitrogens is 2. The van der Waals surface area contributed by atoms with Gasteiger partial charge in [-0.15, -0.1) is 0 Å². The van der Waals surface area contributed by atoms with Gasteiger partial charge in [0.1, 0.15) is 0 Å². The molecular weight excluding hydrogens is 104 g/mol. The predicted molar refractivity (Wildman–Crippen MR) is 27.2 cm³/mol. The van der Waals surface area contributed by atoms with Crippen molar-refractivity contribution in [2.45, 2.75) is 19.8 Å². The molecule has 0 spiro atoms. The van der Waals surface area contributed by atoms with Crippen molar-refractivity contribution in [3.05, 3.63) is 12.2 Å². The molecule has 0 aliphatic carbocycles. The first-order chi connectivity index (χ1) is 3.80. The van der Waals surface area contributed by atoms with E-state index in [1.807, 2.05) is 13.8 Å². The fraction of sp³-hybridized carbons (Fsp3) is 0.600. The van der Waals surface area contributed by atoms with E-state index in [2.05, 4.69) is 21.1 Å². The van der Waals surface area contributed by atoms with Crippen LogP contribution in [0.1, 0.15) is 25.6 Å². The molecule has 1 aromatic heterocycles. The normalized spacial score (nSPS) is 10.4. The van der Waals surface area contributed by atoms with Crippen LogP contribution in [0.5, 0.6) is 0 Å². The quantitative estimate of drug-likeness (QED) is 0.542. The van der Waals surface area contributed by atoms with Gasteiger partial charge < -0.3 is 4.52 Å². The highest BCUT2D eigenvalue weighted by Gasteiger charge is 2.01. The molecule has 1 rings (SSSR count). The average molecular weight is 111 g/mol. The van der Waals surface area contributed by atoms with Gasteiger partial charge in [-0.3, -0.25) is 0 Å². The summed E-state index contributed by atoms with van der Waals surface area (Å²) in [6.45, 7) is 4.00. The largest absolute Gasteiger partial charge is 0.329 e. The van der Waals surface area contributed by atoms with E-state index in [9.17, 15) is 0 Å². The molecular formula is C5H7N2O. The fourth-order valence-corrected chi connectivity index (χ4v) is 0.389. The summed E-state index contributed by atoms with van der Waals surface area (Å²) in [7, 11) is 0. The maximum absolute atomic E-state index is 4.39. The summed E-state index contributed by atoms with van der Waals surface area (Å²) in [5.41, 5.74) is 0. The van der Waals surface area contributed by atoms with Crippen molar-refractivity contribution in [1.82, 2.24) is 10.1 Å². The predicted octanol–water partition coefficient (Wildman–Crippen LogP) is 0.993. The van der Waals surface area contributed by atoms with Crippen LogP contribution in [0.3, 0.4) is 0 Å². The molecule has 0 aliphatic heterocycles. The van der Waals surface area contributed by atoms with Gasteiger partial charge in [-0.05, 0) is 0 Å². The topological polar surface area (TPSA) is 38.9 Å². The summed E-state index contributed by atoms with van der Waals surface area (Å²) in [5, 5.41) is 3.57. The van der Waals surface area contributed by atoms with E-state index >= 15 is 0 Å². The summed E-state index contributed by atoms with van der Waals surface area (Å²) < 4.78 is 4.39. The maximum Gasteiger partial charge on any atom is 0.316 e. The maximum atomic E-state index is 4.39. The lowest BCUT2D eigenvalue weighted by Crippen LogP contribution is -1.87. The van der Waals surface area contributed by atoms with E-state index in [0.29, 0.717) is 11.7 Å². The lowest BCUT2D eigenvalue weighted by atomic mass is 10.2. The van der Waals surface area contributed by atoms with Crippen molar-refractivity contribution in [2.24, 2.45) is 0 Å². The molecule has 1 radical (unpaired) electrons. The Morgan fingerprint density at radius 2 is 2.38 bits per heavy atom. The first-order valence-electron chi connectivity index (χ1n) is 2.50. The Morgan fingerprint density at radius 3 is 2.62 bits per heavy atom. The number of rotatable bonds is 1. The van der Waals surface area contributed by atoms with Crippen LogP contribution in [0.2, 0.25) is 0 Å². The molecule has 0 amide bonds. The van der Waals surface area contributed by atoms with E-state index < -0.39 is 0 Å². The SMILES string of the molecule is CC(C)c1n[c]on1. The zero-order chi connectivity index (χ0) is 5.98. The summed E-state index contributed by atoms with van der Waals surface area (Å²) in [5.74, 6) is 1.05. The van der Waals surface area contributed by atoms with Gasteiger partial charge in [0.2, 0.25) is 0 Å². The molecule has 1 aromatic rings. The Balaban J connectivity index is 2.77. The standard InChI is InChI=1S/C5H7N2O/c1-4(2)5-6-3-8-7-5/h4H,1-2H3. The van der Waals surface area contributed by atoms with Gasteiger partial charge in [0.15, 0.2) is 5.82 Å². The minimum Gasteiger partial charge on any atom is -0.329 e. The molecule has 0 N–H and O–H groups in total. The molecule has 0 aromatic carbocycles. The van der Waals surface area contributed by atoms with Gasteiger partial charge >= 0.3 is 6.39 Å². The van der Waals surface area contributed by atoms with Crippen LogP contribution in [-0.4, -0.2) is 10.1 Å². The van der Waals surface area contributed by atoms with Crippen LogP contribution in [-0.2, 0) is 0 Å². The fourth-order valence-electron chi connectivity index (χ4n) is 0.389. The van der Waals surface area contributed by atoms with E-state index in [4.69, 9.17) is 0 Å². The third-order valence-corrected chi connectivity index (χ3v) is 0.857. The van der Waals surface area contributed by atoms with Gasteiger partial charge in [-0.1, -0.05) is 19.0 Å². The van der Waals surface area contributed by atoms with Gasteiger partial charge in [-0.2, -0.15) is 4.98 Å². The summed E-state index contributed by atoms with van der Waals surface area (Å²) in [4.78, 5) is 3.71. The van der Waals surface area contributed by atoms with E-state index in [1.54, 1.807) is 0 Å². The van der Waals surface area contributed by atoms with Crippen molar-refractivity contribution >= 4 is 0 Å². The van der Waals surface area contributed by atoms with Crippen molar-refractivity contribution in [3.8, 4) is 0 Å². The van der Waals surface area contributed by atoms with Crippen molar-refractivity contribution in [1.29, 1.82) is 0 Å². The molecule has 43 valence electrons. The van der Waals surface area contributed by atoms with Gasteiger partial charge in [0.25, 0.3) is 0 Å². The van der Waals surface area contributed by atoms with Crippen LogP contribution < -0.4 is 0 Å². The van der Waals surface area contributed by atoms with Crippen LogP contribution in [0.25, 0.3) is 0 Å². The van der Waals surface area contributed by atoms with Gasteiger partial charge in [0, 0.05) is 5.92 Å². The summed E-state index contributed by atoms with van der Waals surface area (Å²) >= 11 is 0. The van der Waals surface area contributed by atoms with E-state index in [1.165, 1.54) is 0 Å². The number of hydrogen-bond acceptors (Lipinski definition) is 3. The Kier molecular flexibility index (Phi) is 1.28. The Hall–Kier alpha value is -0.860. The highest BCUT2D eigenvalue weighted by Crippen LogP contribution is 2.05. The third kappa shape index (κ3) is 0.857. The molecule has 0 saturated heterocycles. The molecule has 0 atom stereocenters. The highest BCUT2D eigenvalue weighted by molar-refractivity contribution is 4.84. The molecule has 0 bridgehead atoms. The minimum absolute atomic E-state index is 0.338. The second kappa shape index (κ2) is 1.94. The zero-order valence-corrected chi connectivity index (χ0v) is 4.88. The number of nitrogens with zero attached hydrogens (tertiary/aromatic N) is 2. The first-order valence-corrected chi connectivity index (χ1v) is 2.50. The van der Waals surface area contributed by atoms with Crippen molar-refractivity contribution < 1.29 is 4.52 Å². The highest BCUT2D eigenvalue weighted by atomic mass is 16.5. The van der Waals surface area contributed by atoms with E-state index in [0.717, 1.165) is 0 Å². The van der Waals surface area contributed by atoms with Gasteiger partial charge in [0.05, 0.1) is 0 Å². The van der Waals surface area contributed by atoms with Gasteiger partial charge in [-0.25, -0.2) is 0 Å². The van der Waals surface area contributed by atoms with Crippen LogP contribution in [0.15, 0.2) is 4.52 Å². The second-order valence-electron chi connectivity index (χ2n) is 1.90. The Bertz CT molecular complexity index is 145. The van der Waals surface area contributed by atoms with Crippen LogP contribution in [0.4, 0.5) is 0 Å². The summed E-state index contributed by atoms with van der Waals surface area (Å²) in [6, 6.07) is 0. The third-order valence-electron chi connectivity index (χ3n) is 0.857. The molecule has 8 heavy (non-hydrogen) atoms. The summed E-state index contributed by atoms with van der Waals surface area (Å²) in [6.07, 6.45) is 2.27. The first kappa shape index (κ1) is 5.28. The number of hydrogen-bond donors (Lipinski definition) is 0. The smallest absolute Gasteiger partial charge is 0.316 e. The van der Waals surface area contributed by atoms with Crippen LogP contribution >= 0.6 is 0 Å². The lowest BCUT2D eigenvalue weighted by molar-refractivity contribution is 0.400. The Labute approximate surface area is 47.7 Å². The molecule has 0 unspecified atom stereocenters. The van der Waals surface area contributed by atoms with Crippen LogP contribution in [0, 0.1) is 6.39 Å². The molecule has 0 fully saturated rings. The lowest BCUT2D eigenvalue weighted by Gasteiger charge is -1.90. The molecule has 3 heteroatoms. The second-order valence-corrected chi connectivity index (χ2v) is 1.90. The molecule has 1 heterocycles. The van der Waals surface area contributed by atoms with Crippen molar-refractivity contribution in [3.63, 3.8) is 0 Å². The average Bonchev–Trinajstić information content (AvgIpc) is 2.12.